The van der Waals surface area contributed by atoms with Crippen LogP contribution >= 0.6 is 11.3 Å². The van der Waals surface area contributed by atoms with Crippen molar-refractivity contribution in [1.82, 2.24) is 14.3 Å². The Morgan fingerprint density at radius 2 is 2.22 bits per heavy atom. The summed E-state index contributed by atoms with van der Waals surface area (Å²) >= 11 is 1.53. The van der Waals surface area contributed by atoms with E-state index in [1.54, 1.807) is 0 Å². The Kier molecular flexibility index (Phi) is 4.20. The van der Waals surface area contributed by atoms with Gasteiger partial charge in [-0.1, -0.05) is 12.1 Å². The third-order valence-electron chi connectivity index (χ3n) is 5.30. The van der Waals surface area contributed by atoms with Gasteiger partial charge in [0.1, 0.15) is 18.1 Å². The van der Waals surface area contributed by atoms with Crippen LogP contribution in [0.5, 0.6) is 5.75 Å². The smallest absolute Gasteiger partial charge is 0.274 e. The molecule has 2 aromatic heterocycles. The molecule has 2 aliphatic rings. The van der Waals surface area contributed by atoms with E-state index in [4.69, 9.17) is 4.74 Å². The zero-order valence-electron chi connectivity index (χ0n) is 15.1. The minimum absolute atomic E-state index is 0.0374. The molecule has 0 saturated carbocycles. The summed E-state index contributed by atoms with van der Waals surface area (Å²) in [5, 5.41) is 1.97. The second-order valence-electron chi connectivity index (χ2n) is 7.09. The number of carbonyl (C=O) groups excluding carboxylic acids is 1. The van der Waals surface area contributed by atoms with Crippen LogP contribution in [-0.2, 0) is 6.54 Å². The summed E-state index contributed by atoms with van der Waals surface area (Å²) in [6, 6.07) is 6.40. The lowest BCUT2D eigenvalue weighted by molar-refractivity contribution is 0.0728. The van der Waals surface area contributed by atoms with E-state index in [-0.39, 0.29) is 5.91 Å². The molecular weight excluding hydrogens is 358 g/mol. The minimum Gasteiger partial charge on any atom is -0.491 e. The topological polar surface area (TPSA) is 46.8 Å². The molecule has 3 aromatic rings. The highest BCUT2D eigenvalue weighted by molar-refractivity contribution is 7.15. The maximum absolute atomic E-state index is 13.0. The largest absolute Gasteiger partial charge is 0.491 e. The van der Waals surface area contributed by atoms with E-state index in [1.807, 2.05) is 27.1 Å². The molecule has 0 spiro atoms. The van der Waals surface area contributed by atoms with Crippen LogP contribution in [0.4, 0.5) is 0 Å². The number of ether oxygens (including phenoxy) is 1. The van der Waals surface area contributed by atoms with Crippen molar-refractivity contribution in [2.45, 2.75) is 32.2 Å². The van der Waals surface area contributed by atoms with Crippen LogP contribution in [0.15, 0.2) is 42.0 Å². The number of thiazole rings is 1. The van der Waals surface area contributed by atoms with Crippen molar-refractivity contribution in [3.05, 3.63) is 58.9 Å². The number of hydrogen-bond acceptors (Lipinski definition) is 4. The van der Waals surface area contributed by atoms with Gasteiger partial charge in [0.15, 0.2) is 4.96 Å². The first-order valence-electron chi connectivity index (χ1n) is 9.44. The molecule has 0 bridgehead atoms. The van der Waals surface area contributed by atoms with E-state index in [9.17, 15) is 4.79 Å². The van der Waals surface area contributed by atoms with Gasteiger partial charge in [-0.3, -0.25) is 9.20 Å². The van der Waals surface area contributed by atoms with Gasteiger partial charge in [-0.25, -0.2) is 4.98 Å². The lowest BCUT2D eigenvalue weighted by atomic mass is 9.92. The number of aromatic nitrogens is 2. The van der Waals surface area contributed by atoms with Crippen molar-refractivity contribution in [2.75, 3.05) is 13.2 Å². The molecule has 27 heavy (non-hydrogen) atoms. The third-order valence-corrected chi connectivity index (χ3v) is 6.07. The predicted octanol–water partition coefficient (Wildman–Crippen LogP) is 4.39. The molecule has 0 N–H and O–H groups in total. The molecule has 1 aliphatic heterocycles. The average molecular weight is 379 g/mol. The van der Waals surface area contributed by atoms with Crippen molar-refractivity contribution < 1.29 is 9.53 Å². The molecule has 5 nitrogen and oxygen atoms in total. The van der Waals surface area contributed by atoms with Crippen molar-refractivity contribution in [3.8, 4) is 5.75 Å². The fraction of sp³-hybridized carbons (Fsp3) is 0.333. The molecule has 0 unspecified atom stereocenters. The van der Waals surface area contributed by atoms with Crippen molar-refractivity contribution in [3.63, 3.8) is 0 Å². The molecule has 3 heterocycles. The number of allylic oxidation sites excluding steroid dienone is 2. The molecule has 0 saturated heterocycles. The van der Waals surface area contributed by atoms with Gasteiger partial charge in [0.25, 0.3) is 5.91 Å². The molecule has 0 fully saturated rings. The fourth-order valence-electron chi connectivity index (χ4n) is 3.86. The van der Waals surface area contributed by atoms with Crippen LogP contribution in [0.25, 0.3) is 10.5 Å². The van der Waals surface area contributed by atoms with Crippen LogP contribution in [0.3, 0.4) is 0 Å². The van der Waals surface area contributed by atoms with Crippen molar-refractivity contribution in [2.24, 2.45) is 0 Å². The Labute approximate surface area is 161 Å². The SMILES string of the molecule is O=C(c1cn2ccsc2n1)N1CCOc2ccc(C3=CCCCC3)cc2C1. The second kappa shape index (κ2) is 6.85. The number of benzene rings is 1. The summed E-state index contributed by atoms with van der Waals surface area (Å²) in [7, 11) is 0. The molecule has 1 aromatic carbocycles. The van der Waals surface area contributed by atoms with Gasteiger partial charge in [-0.2, -0.15) is 0 Å². The first kappa shape index (κ1) is 16.6. The van der Waals surface area contributed by atoms with Gasteiger partial charge in [0.2, 0.25) is 0 Å². The van der Waals surface area contributed by atoms with E-state index in [0.717, 1.165) is 29.1 Å². The van der Waals surface area contributed by atoms with Gasteiger partial charge in [-0.05, 0) is 49.0 Å². The Hall–Kier alpha value is -2.60. The maximum atomic E-state index is 13.0. The highest BCUT2D eigenvalue weighted by Gasteiger charge is 2.24. The van der Waals surface area contributed by atoms with Crippen LogP contribution in [0.1, 0.15) is 47.3 Å². The summed E-state index contributed by atoms with van der Waals surface area (Å²) < 4.78 is 7.81. The van der Waals surface area contributed by atoms with Crippen LogP contribution in [0.2, 0.25) is 0 Å². The van der Waals surface area contributed by atoms with E-state index < -0.39 is 0 Å². The van der Waals surface area contributed by atoms with E-state index in [0.29, 0.717) is 25.4 Å². The minimum atomic E-state index is -0.0374. The molecule has 0 radical (unpaired) electrons. The van der Waals surface area contributed by atoms with Crippen molar-refractivity contribution in [1.29, 1.82) is 0 Å². The Morgan fingerprint density at radius 3 is 3.07 bits per heavy atom. The number of carbonyl (C=O) groups is 1. The third kappa shape index (κ3) is 3.14. The maximum Gasteiger partial charge on any atom is 0.274 e. The zero-order chi connectivity index (χ0) is 18.2. The van der Waals surface area contributed by atoms with Gasteiger partial charge in [-0.15, -0.1) is 11.3 Å². The van der Waals surface area contributed by atoms with E-state index >= 15 is 0 Å². The normalized spacial score (nSPS) is 17.2. The molecule has 138 valence electrons. The highest BCUT2D eigenvalue weighted by Crippen LogP contribution is 2.32. The number of amides is 1. The van der Waals surface area contributed by atoms with E-state index in [1.165, 1.54) is 35.3 Å². The van der Waals surface area contributed by atoms with Gasteiger partial charge < -0.3 is 9.64 Å². The van der Waals surface area contributed by atoms with Crippen molar-refractivity contribution >= 4 is 27.8 Å². The molecule has 5 rings (SSSR count). The lowest BCUT2D eigenvalue weighted by Crippen LogP contribution is -2.32. The van der Waals surface area contributed by atoms with Crippen LogP contribution in [-0.4, -0.2) is 33.3 Å². The fourth-order valence-corrected chi connectivity index (χ4v) is 4.56. The first-order valence-corrected chi connectivity index (χ1v) is 10.3. The summed E-state index contributed by atoms with van der Waals surface area (Å²) in [5.41, 5.74) is 4.25. The Balaban J connectivity index is 1.43. The Bertz CT molecular complexity index is 1000. The highest BCUT2D eigenvalue weighted by atomic mass is 32.1. The van der Waals surface area contributed by atoms with Gasteiger partial charge >= 0.3 is 0 Å². The van der Waals surface area contributed by atoms with Gasteiger partial charge in [0, 0.05) is 29.9 Å². The van der Waals surface area contributed by atoms with Crippen LogP contribution in [0, 0.1) is 0 Å². The molecule has 1 amide bonds. The zero-order valence-corrected chi connectivity index (χ0v) is 15.9. The number of nitrogens with zero attached hydrogens (tertiary/aromatic N) is 3. The number of rotatable bonds is 2. The Morgan fingerprint density at radius 1 is 1.26 bits per heavy atom. The molecular formula is C21H21N3O2S. The predicted molar refractivity (Wildman–Crippen MR) is 106 cm³/mol. The summed E-state index contributed by atoms with van der Waals surface area (Å²) in [4.78, 5) is 20.2. The monoisotopic (exact) mass is 379 g/mol. The quantitative estimate of drug-likeness (QED) is 0.663. The summed E-state index contributed by atoms with van der Waals surface area (Å²) in [5.74, 6) is 0.848. The number of hydrogen-bond donors (Lipinski definition) is 0. The standard InChI is InChI=1S/C21H21N3O2S/c25-20(18-14-24-9-11-27-21(24)22-18)23-8-10-26-19-7-6-16(12-17(19)13-23)15-4-2-1-3-5-15/h4,6-7,9,11-12,14H,1-3,5,8,10,13H2. The summed E-state index contributed by atoms with van der Waals surface area (Å²) in [6.45, 7) is 1.63. The molecule has 6 heteroatoms. The second-order valence-corrected chi connectivity index (χ2v) is 7.96. The van der Waals surface area contributed by atoms with Gasteiger partial charge in [0.05, 0.1) is 6.54 Å². The molecule has 1 aliphatic carbocycles. The lowest BCUT2D eigenvalue weighted by Gasteiger charge is -2.19. The first-order chi connectivity index (χ1) is 13.3. The number of fused-ring (bicyclic) bond motifs is 2. The number of imidazole rings is 1. The van der Waals surface area contributed by atoms with Crippen LogP contribution < -0.4 is 4.74 Å². The molecule has 0 atom stereocenters. The van der Waals surface area contributed by atoms with E-state index in [2.05, 4.69) is 29.3 Å². The summed E-state index contributed by atoms with van der Waals surface area (Å²) in [6.07, 6.45) is 10.9. The average Bonchev–Trinajstić information content (AvgIpc) is 3.24.